The third-order valence-electron chi connectivity index (χ3n) is 6.34. The predicted octanol–water partition coefficient (Wildman–Crippen LogP) is 3.00. The van der Waals surface area contributed by atoms with Crippen molar-refractivity contribution in [1.82, 2.24) is 9.78 Å². The number of hydrogen-bond donors (Lipinski definition) is 0. The Kier molecular flexibility index (Phi) is 5.60. The van der Waals surface area contributed by atoms with Gasteiger partial charge in [0.2, 0.25) is 5.91 Å². The number of amides is 2. The number of hydrogen-bond acceptors (Lipinski definition) is 6. The monoisotopic (exact) mass is 440 g/mol. The van der Waals surface area contributed by atoms with Crippen LogP contribution in [0.4, 0.5) is 16.2 Å². The van der Waals surface area contributed by atoms with E-state index in [1.54, 1.807) is 16.7 Å². The number of anilines is 2. The fourth-order valence-electron chi connectivity index (χ4n) is 4.52. The molecule has 3 aliphatic heterocycles. The van der Waals surface area contributed by atoms with Gasteiger partial charge >= 0.3 is 6.09 Å². The molecule has 1 aromatic carbocycles. The SMILES string of the molecule is CC(=O)N1c2ccc(-c3cnn(C4COC4)c3)cc2N(C(=O)OC2CCOCC2)C[C@@H]1C. The molecule has 1 aromatic heterocycles. The first-order valence-corrected chi connectivity index (χ1v) is 11.1. The van der Waals surface area contributed by atoms with Crippen molar-refractivity contribution in [3.63, 3.8) is 0 Å². The van der Waals surface area contributed by atoms with Crippen molar-refractivity contribution in [3.05, 3.63) is 30.6 Å². The molecule has 9 nitrogen and oxygen atoms in total. The number of carbonyl (C=O) groups is 2. The lowest BCUT2D eigenvalue weighted by molar-refractivity contribution is -0.117. The van der Waals surface area contributed by atoms with Gasteiger partial charge in [-0.1, -0.05) is 6.07 Å². The highest BCUT2D eigenvalue weighted by molar-refractivity contribution is 6.03. The van der Waals surface area contributed by atoms with Gasteiger partial charge in [0.15, 0.2) is 0 Å². The number of ether oxygens (including phenoxy) is 3. The van der Waals surface area contributed by atoms with Gasteiger partial charge in [0, 0.05) is 38.1 Å². The molecular formula is C23H28N4O5. The van der Waals surface area contributed by atoms with Crippen LogP contribution in [0.15, 0.2) is 30.6 Å². The summed E-state index contributed by atoms with van der Waals surface area (Å²) in [5.41, 5.74) is 3.26. The smallest absolute Gasteiger partial charge is 0.414 e. The molecule has 9 heteroatoms. The van der Waals surface area contributed by atoms with E-state index in [1.165, 1.54) is 0 Å². The molecule has 2 aromatic rings. The molecule has 0 saturated carbocycles. The molecule has 0 bridgehead atoms. The molecule has 4 heterocycles. The lowest BCUT2D eigenvalue weighted by Gasteiger charge is -2.41. The first-order chi connectivity index (χ1) is 15.5. The maximum atomic E-state index is 13.2. The second-order valence-corrected chi connectivity index (χ2v) is 8.65. The molecule has 5 rings (SSSR count). The predicted molar refractivity (Wildman–Crippen MR) is 118 cm³/mol. The minimum Gasteiger partial charge on any atom is -0.446 e. The molecule has 32 heavy (non-hydrogen) atoms. The van der Waals surface area contributed by atoms with E-state index in [0.717, 1.165) is 11.1 Å². The van der Waals surface area contributed by atoms with Gasteiger partial charge in [-0.05, 0) is 24.6 Å². The van der Waals surface area contributed by atoms with Crippen LogP contribution in [0.2, 0.25) is 0 Å². The van der Waals surface area contributed by atoms with Gasteiger partial charge < -0.3 is 19.1 Å². The van der Waals surface area contributed by atoms with Gasteiger partial charge in [-0.3, -0.25) is 14.4 Å². The average Bonchev–Trinajstić information content (AvgIpc) is 3.21. The highest BCUT2D eigenvalue weighted by atomic mass is 16.6. The van der Waals surface area contributed by atoms with Crippen LogP contribution < -0.4 is 9.80 Å². The van der Waals surface area contributed by atoms with Gasteiger partial charge in [-0.2, -0.15) is 5.10 Å². The number of nitrogens with zero attached hydrogens (tertiary/aromatic N) is 4. The summed E-state index contributed by atoms with van der Waals surface area (Å²) in [5, 5.41) is 4.47. The molecule has 1 atom stereocenters. The molecule has 0 aliphatic carbocycles. The summed E-state index contributed by atoms with van der Waals surface area (Å²) in [5.74, 6) is -0.0539. The first kappa shape index (κ1) is 21.0. The fourth-order valence-corrected chi connectivity index (χ4v) is 4.52. The van der Waals surface area contributed by atoms with Crippen LogP contribution in [-0.4, -0.2) is 66.9 Å². The van der Waals surface area contributed by atoms with Gasteiger partial charge in [0.25, 0.3) is 0 Å². The topological polar surface area (TPSA) is 86.1 Å². The van der Waals surface area contributed by atoms with Crippen LogP contribution >= 0.6 is 0 Å². The van der Waals surface area contributed by atoms with Gasteiger partial charge in [0.1, 0.15) is 6.10 Å². The third-order valence-corrected chi connectivity index (χ3v) is 6.34. The van der Waals surface area contributed by atoms with E-state index in [4.69, 9.17) is 14.2 Å². The number of aromatic nitrogens is 2. The zero-order valence-corrected chi connectivity index (χ0v) is 18.4. The molecule has 0 radical (unpaired) electrons. The Morgan fingerprint density at radius 2 is 1.88 bits per heavy atom. The second-order valence-electron chi connectivity index (χ2n) is 8.65. The van der Waals surface area contributed by atoms with E-state index >= 15 is 0 Å². The number of benzene rings is 1. The largest absolute Gasteiger partial charge is 0.446 e. The third kappa shape index (κ3) is 3.86. The summed E-state index contributed by atoms with van der Waals surface area (Å²) < 4.78 is 18.4. The maximum absolute atomic E-state index is 13.2. The van der Waals surface area contributed by atoms with Crippen molar-refractivity contribution >= 4 is 23.4 Å². The Labute approximate surface area is 186 Å². The standard InChI is InChI=1S/C23H28N4O5/c1-15-11-25(23(29)32-20-5-7-30-8-6-20)22-9-17(3-4-21(22)27(15)16(2)28)18-10-24-26(12-18)19-13-31-14-19/h3-4,9-10,12,15,19-20H,5-8,11,13-14H2,1-2H3/t15-/m0/s1. The Balaban J connectivity index is 1.47. The van der Waals surface area contributed by atoms with E-state index < -0.39 is 0 Å². The van der Waals surface area contributed by atoms with Gasteiger partial charge in [-0.15, -0.1) is 0 Å². The Bertz CT molecular complexity index is 1010. The van der Waals surface area contributed by atoms with E-state index in [1.807, 2.05) is 42.2 Å². The second kappa shape index (κ2) is 8.55. The fraction of sp³-hybridized carbons (Fsp3) is 0.522. The van der Waals surface area contributed by atoms with Crippen LogP contribution in [0, 0.1) is 0 Å². The van der Waals surface area contributed by atoms with E-state index in [0.29, 0.717) is 57.2 Å². The van der Waals surface area contributed by atoms with Crippen LogP contribution in [0.25, 0.3) is 11.1 Å². The van der Waals surface area contributed by atoms with Crippen LogP contribution in [-0.2, 0) is 19.0 Å². The molecule has 2 saturated heterocycles. The Hall–Kier alpha value is -2.91. The van der Waals surface area contributed by atoms with Crippen LogP contribution in [0.3, 0.4) is 0 Å². The summed E-state index contributed by atoms with van der Waals surface area (Å²) in [6, 6.07) is 5.92. The number of carbonyl (C=O) groups excluding carboxylic acids is 2. The molecular weight excluding hydrogens is 412 g/mol. The molecule has 3 aliphatic rings. The molecule has 0 spiro atoms. The maximum Gasteiger partial charge on any atom is 0.414 e. The number of fused-ring (bicyclic) bond motifs is 1. The summed E-state index contributed by atoms with van der Waals surface area (Å²) >= 11 is 0. The van der Waals surface area contributed by atoms with Crippen molar-refractivity contribution in [2.24, 2.45) is 0 Å². The van der Waals surface area contributed by atoms with E-state index in [-0.39, 0.29) is 30.2 Å². The van der Waals surface area contributed by atoms with Crippen molar-refractivity contribution in [3.8, 4) is 11.1 Å². The quantitative estimate of drug-likeness (QED) is 0.729. The van der Waals surface area contributed by atoms with Crippen molar-refractivity contribution in [1.29, 1.82) is 0 Å². The minimum atomic E-state index is -0.382. The van der Waals surface area contributed by atoms with Crippen LogP contribution in [0.5, 0.6) is 0 Å². The van der Waals surface area contributed by atoms with E-state index in [9.17, 15) is 9.59 Å². The van der Waals surface area contributed by atoms with Crippen molar-refractivity contribution < 1.29 is 23.8 Å². The lowest BCUT2D eigenvalue weighted by Crippen LogP contribution is -2.52. The Morgan fingerprint density at radius 3 is 2.56 bits per heavy atom. The van der Waals surface area contributed by atoms with Crippen LogP contribution in [0.1, 0.15) is 32.7 Å². The summed E-state index contributed by atoms with van der Waals surface area (Å²) in [6.07, 6.45) is 4.68. The zero-order valence-electron chi connectivity index (χ0n) is 18.4. The summed E-state index contributed by atoms with van der Waals surface area (Å²) in [7, 11) is 0. The molecule has 0 unspecified atom stereocenters. The molecule has 2 fully saturated rings. The normalized spacial score (nSPS) is 21.8. The summed E-state index contributed by atoms with van der Waals surface area (Å²) in [4.78, 5) is 29.0. The highest BCUT2D eigenvalue weighted by Crippen LogP contribution is 2.39. The first-order valence-electron chi connectivity index (χ1n) is 11.1. The lowest BCUT2D eigenvalue weighted by atomic mass is 10.0. The van der Waals surface area contributed by atoms with Crippen molar-refractivity contribution in [2.75, 3.05) is 42.8 Å². The summed E-state index contributed by atoms with van der Waals surface area (Å²) in [6.45, 7) is 6.40. The van der Waals surface area contributed by atoms with Crippen molar-refractivity contribution in [2.45, 2.75) is 44.9 Å². The zero-order chi connectivity index (χ0) is 22.2. The van der Waals surface area contributed by atoms with Gasteiger partial charge in [-0.25, -0.2) is 4.79 Å². The molecule has 2 amide bonds. The number of rotatable bonds is 3. The minimum absolute atomic E-state index is 0.0539. The molecule has 0 N–H and O–H groups in total. The highest BCUT2D eigenvalue weighted by Gasteiger charge is 2.35. The molecule has 170 valence electrons. The average molecular weight is 441 g/mol. The van der Waals surface area contributed by atoms with Gasteiger partial charge in [0.05, 0.1) is 56.1 Å². The van der Waals surface area contributed by atoms with E-state index in [2.05, 4.69) is 5.10 Å². The Morgan fingerprint density at radius 1 is 1.09 bits per heavy atom.